The van der Waals surface area contributed by atoms with Crippen LogP contribution in [0.5, 0.6) is 23.0 Å². The summed E-state index contributed by atoms with van der Waals surface area (Å²) in [6, 6.07) is 31.5. The third-order valence-corrected chi connectivity index (χ3v) is 10.9. The maximum atomic E-state index is 14.1. The van der Waals surface area contributed by atoms with E-state index in [-0.39, 0.29) is 35.5 Å². The van der Waals surface area contributed by atoms with E-state index in [0.29, 0.717) is 33.6 Å². The number of anilines is 2. The van der Waals surface area contributed by atoms with Crippen LogP contribution in [-0.4, -0.2) is 64.6 Å². The van der Waals surface area contributed by atoms with Crippen molar-refractivity contribution in [2.75, 3.05) is 11.5 Å². The molecule has 0 bridgehead atoms. The van der Waals surface area contributed by atoms with E-state index in [2.05, 4.69) is 9.47 Å². The van der Waals surface area contributed by atoms with Gasteiger partial charge in [0.15, 0.2) is 5.78 Å². The molecule has 0 radical (unpaired) electrons. The lowest BCUT2D eigenvalue weighted by Gasteiger charge is -2.42. The second-order valence-electron chi connectivity index (χ2n) is 16.4. The fourth-order valence-electron chi connectivity index (χ4n) is 7.09. The maximum absolute atomic E-state index is 14.1. The number of ketones is 2. The average Bonchev–Trinajstić information content (AvgIpc) is 3.35. The fourth-order valence-corrected chi connectivity index (χ4v) is 7.09. The number of allylic oxidation sites excluding steroid dienone is 1. The molecule has 0 aromatic heterocycles. The van der Waals surface area contributed by atoms with Crippen molar-refractivity contribution in [3.8, 4) is 23.0 Å². The average molecular weight is 1020 g/mol. The smallest absolute Gasteiger partial charge is 0.428 e. The van der Waals surface area contributed by atoms with Gasteiger partial charge in [-0.3, -0.25) is 9.59 Å². The first-order chi connectivity index (χ1) is 34.4. The summed E-state index contributed by atoms with van der Waals surface area (Å²) in [6.45, 7) is 0. The van der Waals surface area contributed by atoms with E-state index in [1.54, 1.807) is 48.5 Å². The second-order valence-corrected chi connectivity index (χ2v) is 16.4. The molecule has 0 atom stereocenters. The van der Waals surface area contributed by atoms with Crippen molar-refractivity contribution in [1.82, 2.24) is 0 Å². The van der Waals surface area contributed by atoms with Gasteiger partial charge in [0, 0.05) is 23.2 Å². The van der Waals surface area contributed by atoms with E-state index in [9.17, 15) is 64.5 Å². The number of halogens is 8. The largest absolute Gasteiger partial charge is 0.461 e. The normalized spacial score (nSPS) is 12.3. The van der Waals surface area contributed by atoms with Gasteiger partial charge >= 0.3 is 37.0 Å². The van der Waals surface area contributed by atoms with Gasteiger partial charge in [-0.25, -0.2) is 9.59 Å². The third kappa shape index (κ3) is 14.4. The Balaban J connectivity index is 1.19. The van der Waals surface area contributed by atoms with Gasteiger partial charge in [-0.1, -0.05) is 60.7 Å². The molecule has 0 fully saturated rings. The number of benzene rings is 6. The Bertz CT molecular complexity index is 2880. The number of carbonyl (C=O) groups is 4. The van der Waals surface area contributed by atoms with E-state index in [4.69, 9.17) is 20.9 Å². The lowest BCUT2D eigenvalue weighted by Crippen LogP contribution is -2.57. The first-order valence-electron chi connectivity index (χ1n) is 21.6. The number of rotatable bonds is 22. The van der Waals surface area contributed by atoms with Gasteiger partial charge in [-0.05, 0) is 144 Å². The quantitative estimate of drug-likeness (QED) is 0.0126. The summed E-state index contributed by atoms with van der Waals surface area (Å²) in [7, 11) is 0. The van der Waals surface area contributed by atoms with Gasteiger partial charge in [0.1, 0.15) is 23.0 Å². The molecule has 20 heteroatoms. The predicted octanol–water partition coefficient (Wildman–Crippen LogP) is 10.2. The van der Waals surface area contributed by atoms with Crippen LogP contribution >= 0.6 is 0 Å². The summed E-state index contributed by atoms with van der Waals surface area (Å²) in [4.78, 5) is 53.8. The van der Waals surface area contributed by atoms with Crippen molar-refractivity contribution in [1.29, 1.82) is 0 Å². The van der Waals surface area contributed by atoms with Gasteiger partial charge < -0.3 is 40.6 Å². The summed E-state index contributed by atoms with van der Waals surface area (Å²) >= 11 is 0. The minimum atomic E-state index is -4.74. The van der Waals surface area contributed by atoms with Gasteiger partial charge in [0.25, 0.3) is 0 Å². The summed E-state index contributed by atoms with van der Waals surface area (Å²) in [6.07, 6.45) is -14.1. The van der Waals surface area contributed by atoms with Crippen LogP contribution in [0.1, 0.15) is 49.4 Å². The Morgan fingerprint density at radius 3 is 1.19 bits per heavy atom. The van der Waals surface area contributed by atoms with Crippen molar-refractivity contribution in [3.63, 3.8) is 0 Å². The third-order valence-electron chi connectivity index (χ3n) is 10.9. The maximum Gasteiger partial charge on any atom is 0.461 e. The van der Waals surface area contributed by atoms with Crippen molar-refractivity contribution in [2.24, 2.45) is 5.41 Å². The molecule has 0 saturated heterocycles. The number of aliphatic hydroxyl groups is 2. The molecule has 380 valence electrons. The number of carbonyl (C=O) groups excluding carboxylic acids is 4. The van der Waals surface area contributed by atoms with Gasteiger partial charge in [0.2, 0.25) is 11.6 Å². The first kappa shape index (κ1) is 54.0. The number of ether oxygens (including phenoxy) is 4. The Kier molecular flexibility index (Phi) is 16.9. The van der Waals surface area contributed by atoms with Crippen LogP contribution in [0.4, 0.5) is 46.5 Å². The number of esters is 2. The molecule has 0 aliphatic carbocycles. The minimum Gasteiger partial charge on any atom is -0.428 e. The molecule has 0 unspecified atom stereocenters. The molecule has 0 heterocycles. The van der Waals surface area contributed by atoms with Gasteiger partial charge in [-0.2, -0.15) is 35.1 Å². The molecule has 6 N–H and O–H groups in total. The molecular weight excluding hydrogens is 977 g/mol. The van der Waals surface area contributed by atoms with E-state index < -0.39 is 77.7 Å². The molecule has 6 rings (SSSR count). The van der Waals surface area contributed by atoms with Crippen LogP contribution in [0.25, 0.3) is 12.2 Å². The highest BCUT2D eigenvalue weighted by Gasteiger charge is 2.54. The molecule has 6 aromatic carbocycles. The second kappa shape index (κ2) is 22.8. The number of nitrogens with two attached hydrogens (primary N) is 2. The molecule has 73 heavy (non-hydrogen) atoms. The van der Waals surface area contributed by atoms with E-state index in [1.807, 2.05) is 0 Å². The number of nitrogen functional groups attached to an aromatic ring is 2. The first-order valence-corrected chi connectivity index (χ1v) is 21.6. The summed E-state index contributed by atoms with van der Waals surface area (Å²) in [5, 5.41) is 24.3. The molecule has 0 amide bonds. The highest BCUT2D eigenvalue weighted by atomic mass is 19.3. The molecule has 0 aliphatic heterocycles. The summed E-state index contributed by atoms with van der Waals surface area (Å²) in [5.41, 5.74) is 12.3. The van der Waals surface area contributed by atoms with Crippen molar-refractivity contribution in [2.45, 2.75) is 50.1 Å². The van der Waals surface area contributed by atoms with Crippen LogP contribution in [0.15, 0.2) is 158 Å². The van der Waals surface area contributed by atoms with Gasteiger partial charge in [0.05, 0.1) is 11.1 Å². The lowest BCUT2D eigenvalue weighted by atomic mass is 9.65. The lowest BCUT2D eigenvalue weighted by molar-refractivity contribution is -0.253. The molecule has 12 nitrogen and oxygen atoms in total. The Morgan fingerprint density at radius 2 is 0.836 bits per heavy atom. The standard InChI is InChI=1S/C53H42F8N2O10/c54-48(55)52(58,59)72-43-24-20-41(21-25-43)70-46(66)36-11-1-32(2-12-36)9-19-40(64)31-50(29-34-5-15-38(62)16-6-34,30-35-7-17-39(63)18-8-35)51(68,69)45(65)28-10-33-3-13-37(14-4-33)47(67)71-42-22-26-44(27-23-42)73-53(60,61)49(56)57/h1-28,48-49,68-69H,29-31,62-63H2/b19-9+,28-10+. The molecule has 0 spiro atoms. The topological polar surface area (TPSA) is 198 Å². The molecule has 6 aromatic rings. The van der Waals surface area contributed by atoms with Crippen molar-refractivity contribution in [3.05, 3.63) is 191 Å². The van der Waals surface area contributed by atoms with Crippen LogP contribution in [-0.2, 0) is 22.4 Å². The number of hydrogen-bond donors (Lipinski definition) is 4. The van der Waals surface area contributed by atoms with Crippen molar-refractivity contribution < 1.29 is 83.5 Å². The van der Waals surface area contributed by atoms with Crippen LogP contribution in [0.3, 0.4) is 0 Å². The zero-order chi connectivity index (χ0) is 53.1. The summed E-state index contributed by atoms with van der Waals surface area (Å²) in [5.74, 6) is -8.37. The Morgan fingerprint density at radius 1 is 0.493 bits per heavy atom. The van der Waals surface area contributed by atoms with Crippen LogP contribution in [0, 0.1) is 5.41 Å². The highest BCUT2D eigenvalue weighted by Crippen LogP contribution is 2.43. The van der Waals surface area contributed by atoms with Crippen LogP contribution in [0.2, 0.25) is 0 Å². The van der Waals surface area contributed by atoms with Gasteiger partial charge in [-0.15, -0.1) is 0 Å². The number of alkyl halides is 8. The van der Waals surface area contributed by atoms with E-state index in [0.717, 1.165) is 60.7 Å². The predicted molar refractivity (Wildman–Crippen MR) is 250 cm³/mol. The molecule has 0 saturated carbocycles. The Hall–Kier alpha value is -8.36. The molecular formula is C53H42F8N2O10. The van der Waals surface area contributed by atoms with Crippen molar-refractivity contribution >= 4 is 47.0 Å². The van der Waals surface area contributed by atoms with E-state index in [1.165, 1.54) is 60.7 Å². The monoisotopic (exact) mass is 1020 g/mol. The number of hydrogen-bond acceptors (Lipinski definition) is 12. The van der Waals surface area contributed by atoms with Crippen LogP contribution < -0.4 is 30.4 Å². The van der Waals surface area contributed by atoms with E-state index >= 15 is 0 Å². The summed E-state index contributed by atoms with van der Waals surface area (Å²) < 4.78 is 121. The SMILES string of the molecule is Nc1ccc(CC(CC(=O)/C=C/c2ccc(C(=O)Oc3ccc(OC(F)(F)C(F)F)cc3)cc2)(Cc2ccc(N)cc2)C(O)(O)C(=O)/C=C/c2ccc(C(=O)Oc3ccc(OC(F)(F)C(F)F)cc3)cc2)cc1. The Labute approximate surface area is 410 Å². The fraction of sp³-hybridized carbons (Fsp3) is 0.170. The highest BCUT2D eigenvalue weighted by molar-refractivity contribution is 6.01. The minimum absolute atomic E-state index is 0.00900. The molecule has 0 aliphatic rings. The zero-order valence-corrected chi connectivity index (χ0v) is 37.8. The zero-order valence-electron chi connectivity index (χ0n) is 37.8.